The van der Waals surface area contributed by atoms with Crippen molar-refractivity contribution >= 4 is 11.9 Å². The summed E-state index contributed by atoms with van der Waals surface area (Å²) in [7, 11) is 0. The molecule has 17 heavy (non-hydrogen) atoms. The van der Waals surface area contributed by atoms with Gasteiger partial charge in [0.1, 0.15) is 11.8 Å². The molecule has 2 N–H and O–H groups in total. The fourth-order valence-electron chi connectivity index (χ4n) is 1.78. The second kappa shape index (κ2) is 4.54. The second-order valence-electron chi connectivity index (χ2n) is 3.88. The molecule has 1 aromatic rings. The molecule has 92 valence electrons. The predicted octanol–water partition coefficient (Wildman–Crippen LogP) is -0.518. The lowest BCUT2D eigenvalue weighted by Gasteiger charge is -2.32. The molecule has 1 amide bonds. The monoisotopic (exact) mass is 239 g/mol. The molecular weight excluding hydrogens is 226 g/mol. The highest BCUT2D eigenvalue weighted by molar-refractivity contribution is 5.95. The Morgan fingerprint density at radius 3 is 3.00 bits per heavy atom. The number of nitrogens with zero attached hydrogens (tertiary/aromatic N) is 2. The third-order valence-corrected chi connectivity index (χ3v) is 2.64. The number of carbonyl (C=O) groups is 2. The maximum atomic E-state index is 12.0. The fraction of sp³-hybridized carbons (Fsp3) is 0.500. The lowest BCUT2D eigenvalue weighted by Crippen LogP contribution is -2.57. The number of aromatic nitrogens is 1. The Morgan fingerprint density at radius 1 is 1.65 bits per heavy atom. The summed E-state index contributed by atoms with van der Waals surface area (Å²) >= 11 is 0. The molecule has 1 aromatic heterocycles. The van der Waals surface area contributed by atoms with E-state index in [1.54, 1.807) is 6.92 Å². The van der Waals surface area contributed by atoms with E-state index in [2.05, 4.69) is 10.5 Å². The molecule has 1 fully saturated rings. The van der Waals surface area contributed by atoms with Gasteiger partial charge in [0.2, 0.25) is 0 Å². The van der Waals surface area contributed by atoms with Crippen molar-refractivity contribution in [2.24, 2.45) is 0 Å². The van der Waals surface area contributed by atoms with Gasteiger partial charge in [-0.2, -0.15) is 0 Å². The number of aliphatic carboxylic acids is 1. The first-order chi connectivity index (χ1) is 8.09. The molecule has 0 spiro atoms. The number of aryl methyl sites for hydroxylation is 1. The van der Waals surface area contributed by atoms with E-state index in [1.165, 1.54) is 11.0 Å². The molecule has 7 heteroatoms. The van der Waals surface area contributed by atoms with Crippen LogP contribution in [0, 0.1) is 6.92 Å². The summed E-state index contributed by atoms with van der Waals surface area (Å²) in [5.74, 6) is -0.906. The zero-order chi connectivity index (χ0) is 12.4. The van der Waals surface area contributed by atoms with Gasteiger partial charge in [-0.3, -0.25) is 4.79 Å². The predicted molar refractivity (Wildman–Crippen MR) is 56.6 cm³/mol. The normalized spacial score (nSPS) is 20.3. The Hall–Kier alpha value is -1.89. The minimum Gasteiger partial charge on any atom is -0.480 e. The van der Waals surface area contributed by atoms with Gasteiger partial charge in [0.15, 0.2) is 5.69 Å². The molecule has 1 unspecified atom stereocenters. The SMILES string of the molecule is Cc1cc(C(=O)N2CCNCC2C(=O)O)no1. The summed E-state index contributed by atoms with van der Waals surface area (Å²) in [5, 5.41) is 15.6. The molecule has 1 aliphatic rings. The molecule has 0 radical (unpaired) electrons. The Bertz CT molecular complexity index is 443. The summed E-state index contributed by atoms with van der Waals surface area (Å²) in [5.41, 5.74) is 0.149. The van der Waals surface area contributed by atoms with E-state index in [0.717, 1.165) is 0 Å². The zero-order valence-corrected chi connectivity index (χ0v) is 9.34. The van der Waals surface area contributed by atoms with Gasteiger partial charge >= 0.3 is 5.97 Å². The molecule has 1 saturated heterocycles. The Morgan fingerprint density at radius 2 is 2.41 bits per heavy atom. The van der Waals surface area contributed by atoms with E-state index in [4.69, 9.17) is 9.63 Å². The van der Waals surface area contributed by atoms with Gasteiger partial charge in [0.05, 0.1) is 0 Å². The van der Waals surface area contributed by atoms with Crippen LogP contribution in [-0.2, 0) is 4.79 Å². The average molecular weight is 239 g/mol. The maximum absolute atomic E-state index is 12.0. The van der Waals surface area contributed by atoms with Gasteiger partial charge in [0.25, 0.3) is 5.91 Å². The van der Waals surface area contributed by atoms with Crippen molar-refractivity contribution in [3.05, 3.63) is 17.5 Å². The molecule has 2 heterocycles. The van der Waals surface area contributed by atoms with Crippen LogP contribution in [0.1, 0.15) is 16.2 Å². The first-order valence-corrected chi connectivity index (χ1v) is 5.27. The molecule has 0 saturated carbocycles. The van der Waals surface area contributed by atoms with Crippen LogP contribution in [0.2, 0.25) is 0 Å². The molecule has 1 atom stereocenters. The molecular formula is C10H13N3O4. The second-order valence-corrected chi connectivity index (χ2v) is 3.88. The van der Waals surface area contributed by atoms with Crippen molar-refractivity contribution in [1.29, 1.82) is 0 Å². The highest BCUT2D eigenvalue weighted by atomic mass is 16.5. The van der Waals surface area contributed by atoms with Crippen LogP contribution in [0.15, 0.2) is 10.6 Å². The summed E-state index contributed by atoms with van der Waals surface area (Å²) in [6.45, 7) is 2.85. The number of carbonyl (C=O) groups excluding carboxylic acids is 1. The number of carboxylic acid groups (broad SMARTS) is 1. The number of carboxylic acids is 1. The number of piperazine rings is 1. The molecule has 0 bridgehead atoms. The minimum absolute atomic E-state index is 0.149. The van der Waals surface area contributed by atoms with Crippen LogP contribution in [0.3, 0.4) is 0 Å². The van der Waals surface area contributed by atoms with Gasteiger partial charge < -0.3 is 19.8 Å². The largest absolute Gasteiger partial charge is 0.480 e. The van der Waals surface area contributed by atoms with Crippen LogP contribution < -0.4 is 5.32 Å². The first-order valence-electron chi connectivity index (χ1n) is 5.27. The molecule has 0 aliphatic carbocycles. The number of amides is 1. The van der Waals surface area contributed by atoms with Crippen LogP contribution >= 0.6 is 0 Å². The van der Waals surface area contributed by atoms with Gasteiger partial charge in [-0.1, -0.05) is 5.16 Å². The van der Waals surface area contributed by atoms with Crippen LogP contribution in [0.5, 0.6) is 0 Å². The van der Waals surface area contributed by atoms with Gasteiger partial charge in [-0.05, 0) is 6.92 Å². The Labute approximate surface area is 97.4 Å². The van der Waals surface area contributed by atoms with E-state index >= 15 is 0 Å². The summed E-state index contributed by atoms with van der Waals surface area (Å²) < 4.78 is 4.81. The highest BCUT2D eigenvalue weighted by Crippen LogP contribution is 2.11. The molecule has 2 rings (SSSR count). The average Bonchev–Trinajstić information content (AvgIpc) is 2.75. The Kier molecular flexibility index (Phi) is 3.10. The molecule has 7 nitrogen and oxygen atoms in total. The Balaban J connectivity index is 2.19. The molecule has 0 aromatic carbocycles. The van der Waals surface area contributed by atoms with E-state index in [-0.39, 0.29) is 12.2 Å². The number of rotatable bonds is 2. The maximum Gasteiger partial charge on any atom is 0.327 e. The number of hydrogen-bond donors (Lipinski definition) is 2. The van der Waals surface area contributed by atoms with Gasteiger partial charge in [-0.25, -0.2) is 4.79 Å². The number of nitrogens with one attached hydrogen (secondary N) is 1. The fourth-order valence-corrected chi connectivity index (χ4v) is 1.78. The van der Waals surface area contributed by atoms with E-state index in [0.29, 0.717) is 18.8 Å². The highest BCUT2D eigenvalue weighted by Gasteiger charge is 2.33. The summed E-state index contributed by atoms with van der Waals surface area (Å²) in [4.78, 5) is 24.4. The topological polar surface area (TPSA) is 95.7 Å². The zero-order valence-electron chi connectivity index (χ0n) is 9.34. The lowest BCUT2D eigenvalue weighted by atomic mass is 10.1. The number of hydrogen-bond acceptors (Lipinski definition) is 5. The third kappa shape index (κ3) is 2.28. The van der Waals surface area contributed by atoms with Crippen LogP contribution in [-0.4, -0.2) is 52.7 Å². The van der Waals surface area contributed by atoms with Gasteiger partial charge in [0, 0.05) is 25.7 Å². The van der Waals surface area contributed by atoms with Crippen LogP contribution in [0.4, 0.5) is 0 Å². The van der Waals surface area contributed by atoms with Crippen molar-refractivity contribution in [2.45, 2.75) is 13.0 Å². The first kappa shape index (κ1) is 11.6. The van der Waals surface area contributed by atoms with Crippen molar-refractivity contribution < 1.29 is 19.2 Å². The van der Waals surface area contributed by atoms with E-state index < -0.39 is 17.9 Å². The van der Waals surface area contributed by atoms with E-state index in [1.807, 2.05) is 0 Å². The third-order valence-electron chi connectivity index (χ3n) is 2.64. The van der Waals surface area contributed by atoms with Crippen LogP contribution in [0.25, 0.3) is 0 Å². The van der Waals surface area contributed by atoms with Crippen molar-refractivity contribution in [1.82, 2.24) is 15.4 Å². The van der Waals surface area contributed by atoms with Crippen molar-refractivity contribution in [3.63, 3.8) is 0 Å². The lowest BCUT2D eigenvalue weighted by molar-refractivity contribution is -0.142. The van der Waals surface area contributed by atoms with Gasteiger partial charge in [-0.15, -0.1) is 0 Å². The minimum atomic E-state index is -1.02. The quantitative estimate of drug-likeness (QED) is 0.721. The smallest absolute Gasteiger partial charge is 0.327 e. The molecule has 1 aliphatic heterocycles. The standard InChI is InChI=1S/C10H13N3O4/c1-6-4-7(12-17-6)9(14)13-3-2-11-5-8(13)10(15)16/h4,8,11H,2-3,5H2,1H3,(H,15,16). The van der Waals surface area contributed by atoms with E-state index in [9.17, 15) is 9.59 Å². The summed E-state index contributed by atoms with van der Waals surface area (Å²) in [6.07, 6.45) is 0. The van der Waals surface area contributed by atoms with Crippen molar-refractivity contribution in [3.8, 4) is 0 Å². The van der Waals surface area contributed by atoms with Crippen molar-refractivity contribution in [2.75, 3.05) is 19.6 Å². The summed E-state index contributed by atoms with van der Waals surface area (Å²) in [6, 6.07) is 0.650.